The number of anilines is 2. The number of carbonyl (C=O) groups excluding carboxylic acids is 2. The van der Waals surface area contributed by atoms with Gasteiger partial charge in [0.25, 0.3) is 5.91 Å². The molecule has 0 atom stereocenters. The summed E-state index contributed by atoms with van der Waals surface area (Å²) in [5.74, 6) is 0.275. The molecule has 1 N–H and O–H groups in total. The lowest BCUT2D eigenvalue weighted by atomic mass is 10.1. The number of piperazine rings is 1. The first-order valence-corrected chi connectivity index (χ1v) is 10.2. The molecule has 7 heteroatoms. The third kappa shape index (κ3) is 4.39. The Hall–Kier alpha value is -2.96. The number of pyridine rings is 1. The molecule has 0 unspecified atom stereocenters. The van der Waals surface area contributed by atoms with E-state index in [9.17, 15) is 14.0 Å². The van der Waals surface area contributed by atoms with Crippen molar-refractivity contribution in [2.45, 2.75) is 25.7 Å². The van der Waals surface area contributed by atoms with Crippen LogP contribution in [0.2, 0.25) is 0 Å². The third-order valence-electron chi connectivity index (χ3n) is 5.74. The van der Waals surface area contributed by atoms with Gasteiger partial charge in [-0.05, 0) is 37.1 Å². The van der Waals surface area contributed by atoms with Crippen LogP contribution in [0.25, 0.3) is 0 Å². The van der Waals surface area contributed by atoms with E-state index in [1.54, 1.807) is 24.4 Å². The molecule has 2 fully saturated rings. The van der Waals surface area contributed by atoms with E-state index in [1.165, 1.54) is 25.0 Å². The van der Waals surface area contributed by atoms with Crippen molar-refractivity contribution in [3.8, 4) is 0 Å². The Morgan fingerprint density at radius 2 is 1.72 bits per heavy atom. The number of benzene rings is 1. The summed E-state index contributed by atoms with van der Waals surface area (Å²) in [7, 11) is 0. The van der Waals surface area contributed by atoms with Crippen LogP contribution in [-0.4, -0.2) is 47.9 Å². The smallest absolute Gasteiger partial charge is 0.258 e. The standard InChI is InChI=1S/C22H25FN4O2/c23-19-8-4-3-7-18(19)21(28)25-17-9-10-20(24-15-17)26-11-13-27(14-12-26)22(29)16-5-1-2-6-16/h3-4,7-10,15-16H,1-2,5-6,11-14H2,(H,25,28). The Morgan fingerprint density at radius 1 is 1.00 bits per heavy atom. The highest BCUT2D eigenvalue weighted by molar-refractivity contribution is 6.04. The Kier molecular flexibility index (Phi) is 5.74. The van der Waals surface area contributed by atoms with Gasteiger partial charge in [0, 0.05) is 32.1 Å². The number of nitrogens with zero attached hydrogens (tertiary/aromatic N) is 3. The van der Waals surface area contributed by atoms with E-state index in [0.717, 1.165) is 31.7 Å². The van der Waals surface area contributed by atoms with Crippen LogP contribution in [0.3, 0.4) is 0 Å². The summed E-state index contributed by atoms with van der Waals surface area (Å²) in [4.78, 5) is 33.3. The van der Waals surface area contributed by atoms with Crippen molar-refractivity contribution in [3.05, 3.63) is 54.0 Å². The maximum absolute atomic E-state index is 13.7. The van der Waals surface area contributed by atoms with Crippen LogP contribution >= 0.6 is 0 Å². The Balaban J connectivity index is 1.32. The molecule has 4 rings (SSSR count). The van der Waals surface area contributed by atoms with Gasteiger partial charge in [0.05, 0.1) is 17.4 Å². The molecule has 1 saturated carbocycles. The molecule has 1 saturated heterocycles. The second-order valence-corrected chi connectivity index (χ2v) is 7.63. The quantitative estimate of drug-likeness (QED) is 0.861. The average molecular weight is 396 g/mol. The van der Waals surface area contributed by atoms with Gasteiger partial charge in [-0.2, -0.15) is 0 Å². The van der Waals surface area contributed by atoms with Crippen molar-refractivity contribution < 1.29 is 14.0 Å². The Labute approximate surface area is 169 Å². The minimum Gasteiger partial charge on any atom is -0.353 e. The van der Waals surface area contributed by atoms with Crippen LogP contribution in [-0.2, 0) is 4.79 Å². The molecule has 1 aromatic carbocycles. The van der Waals surface area contributed by atoms with Gasteiger partial charge in [0.2, 0.25) is 5.91 Å². The van der Waals surface area contributed by atoms with Crippen LogP contribution in [0.4, 0.5) is 15.9 Å². The predicted octanol–water partition coefficient (Wildman–Crippen LogP) is 3.31. The van der Waals surface area contributed by atoms with Crippen molar-refractivity contribution in [3.63, 3.8) is 0 Å². The van der Waals surface area contributed by atoms with Gasteiger partial charge in [-0.1, -0.05) is 25.0 Å². The summed E-state index contributed by atoms with van der Waals surface area (Å²) in [6.07, 6.45) is 5.96. The first-order valence-electron chi connectivity index (χ1n) is 10.2. The van der Waals surface area contributed by atoms with Crippen LogP contribution in [0, 0.1) is 11.7 Å². The van der Waals surface area contributed by atoms with Crippen molar-refractivity contribution in [2.75, 3.05) is 36.4 Å². The molecular formula is C22H25FN4O2. The predicted molar refractivity (Wildman–Crippen MR) is 109 cm³/mol. The number of hydrogen-bond acceptors (Lipinski definition) is 4. The molecule has 152 valence electrons. The summed E-state index contributed by atoms with van der Waals surface area (Å²) in [5, 5.41) is 2.67. The SMILES string of the molecule is O=C(Nc1ccc(N2CCN(C(=O)C3CCCC3)CC2)nc1)c1ccccc1F. The molecule has 1 aliphatic carbocycles. The second-order valence-electron chi connectivity index (χ2n) is 7.63. The number of rotatable bonds is 4. The van der Waals surface area contributed by atoms with Crippen molar-refractivity contribution in [1.82, 2.24) is 9.88 Å². The summed E-state index contributed by atoms with van der Waals surface area (Å²) >= 11 is 0. The molecule has 0 spiro atoms. The van der Waals surface area contributed by atoms with Gasteiger partial charge in [0.15, 0.2) is 0 Å². The number of amides is 2. The van der Waals surface area contributed by atoms with E-state index < -0.39 is 11.7 Å². The van der Waals surface area contributed by atoms with Gasteiger partial charge < -0.3 is 15.1 Å². The summed E-state index contributed by atoms with van der Waals surface area (Å²) in [5.41, 5.74) is 0.511. The topological polar surface area (TPSA) is 65.5 Å². The number of halogens is 1. The minimum atomic E-state index is -0.556. The highest BCUT2D eigenvalue weighted by Crippen LogP contribution is 2.27. The summed E-state index contributed by atoms with van der Waals surface area (Å²) in [6, 6.07) is 9.47. The number of nitrogens with one attached hydrogen (secondary N) is 1. The fourth-order valence-electron chi connectivity index (χ4n) is 4.08. The zero-order valence-electron chi connectivity index (χ0n) is 16.3. The van der Waals surface area contributed by atoms with E-state index in [4.69, 9.17) is 0 Å². The van der Waals surface area contributed by atoms with Crippen molar-refractivity contribution in [2.24, 2.45) is 5.92 Å². The number of carbonyl (C=O) groups is 2. The molecule has 2 aliphatic rings. The van der Waals surface area contributed by atoms with Gasteiger partial charge in [0.1, 0.15) is 11.6 Å². The van der Waals surface area contributed by atoms with Crippen LogP contribution in [0.5, 0.6) is 0 Å². The second kappa shape index (κ2) is 8.59. The van der Waals surface area contributed by atoms with Crippen LogP contribution in [0.15, 0.2) is 42.6 Å². The lowest BCUT2D eigenvalue weighted by molar-refractivity contribution is -0.135. The first kappa shape index (κ1) is 19.4. The zero-order chi connectivity index (χ0) is 20.2. The van der Waals surface area contributed by atoms with Gasteiger partial charge in [-0.3, -0.25) is 9.59 Å². The van der Waals surface area contributed by atoms with E-state index in [2.05, 4.69) is 15.2 Å². The molecule has 2 heterocycles. The average Bonchev–Trinajstić information content (AvgIpc) is 3.29. The number of aromatic nitrogens is 1. The zero-order valence-corrected chi connectivity index (χ0v) is 16.3. The highest BCUT2D eigenvalue weighted by atomic mass is 19.1. The molecule has 0 radical (unpaired) electrons. The van der Waals surface area contributed by atoms with E-state index in [0.29, 0.717) is 24.7 Å². The lowest BCUT2D eigenvalue weighted by Gasteiger charge is -2.36. The summed E-state index contributed by atoms with van der Waals surface area (Å²) < 4.78 is 13.7. The number of hydrogen-bond donors (Lipinski definition) is 1. The molecule has 0 bridgehead atoms. The van der Waals surface area contributed by atoms with Gasteiger partial charge in [-0.15, -0.1) is 0 Å². The molecule has 2 amide bonds. The van der Waals surface area contributed by atoms with E-state index in [-0.39, 0.29) is 11.5 Å². The molecule has 1 aliphatic heterocycles. The fraction of sp³-hybridized carbons (Fsp3) is 0.409. The lowest BCUT2D eigenvalue weighted by Crippen LogP contribution is -2.50. The summed E-state index contributed by atoms with van der Waals surface area (Å²) in [6.45, 7) is 2.91. The molecule has 2 aromatic rings. The third-order valence-corrected chi connectivity index (χ3v) is 5.74. The fourth-order valence-corrected chi connectivity index (χ4v) is 4.08. The maximum Gasteiger partial charge on any atom is 0.258 e. The molecule has 6 nitrogen and oxygen atoms in total. The van der Waals surface area contributed by atoms with E-state index in [1.807, 2.05) is 11.0 Å². The highest BCUT2D eigenvalue weighted by Gasteiger charge is 2.29. The Morgan fingerprint density at radius 3 is 2.38 bits per heavy atom. The van der Waals surface area contributed by atoms with Gasteiger partial charge in [-0.25, -0.2) is 9.37 Å². The Bertz CT molecular complexity index is 873. The molecular weight excluding hydrogens is 371 g/mol. The van der Waals surface area contributed by atoms with Crippen molar-refractivity contribution in [1.29, 1.82) is 0 Å². The van der Waals surface area contributed by atoms with Gasteiger partial charge >= 0.3 is 0 Å². The monoisotopic (exact) mass is 396 g/mol. The van der Waals surface area contributed by atoms with Crippen LogP contribution in [0.1, 0.15) is 36.0 Å². The minimum absolute atomic E-state index is 0.000344. The maximum atomic E-state index is 13.7. The van der Waals surface area contributed by atoms with Crippen molar-refractivity contribution >= 4 is 23.3 Å². The van der Waals surface area contributed by atoms with Crippen LogP contribution < -0.4 is 10.2 Å². The normalized spacial score (nSPS) is 17.4. The largest absolute Gasteiger partial charge is 0.353 e. The molecule has 29 heavy (non-hydrogen) atoms. The first-order chi connectivity index (χ1) is 14.1. The van der Waals surface area contributed by atoms with E-state index >= 15 is 0 Å². The molecule has 1 aromatic heterocycles.